The third-order valence-corrected chi connectivity index (χ3v) is 7.40. The number of amides is 2. The zero-order chi connectivity index (χ0) is 28.3. The highest BCUT2D eigenvalue weighted by molar-refractivity contribution is 6.04. The van der Waals surface area contributed by atoms with Gasteiger partial charge in [-0.1, -0.05) is 43.3 Å². The second-order valence-corrected chi connectivity index (χ2v) is 9.96. The van der Waals surface area contributed by atoms with Crippen molar-refractivity contribution in [1.82, 2.24) is 4.90 Å². The maximum Gasteiger partial charge on any atom is 0.255 e. The first kappa shape index (κ1) is 28.7. The maximum absolute atomic E-state index is 12.9. The molecule has 0 saturated carbocycles. The van der Waals surface area contributed by atoms with Gasteiger partial charge in [0.25, 0.3) is 5.91 Å². The topological polar surface area (TPSA) is 79.0 Å². The Kier molecular flexibility index (Phi) is 10.1. The highest BCUT2D eigenvalue weighted by Crippen LogP contribution is 2.34. The van der Waals surface area contributed by atoms with Gasteiger partial charge < -0.3 is 19.9 Å². The van der Waals surface area contributed by atoms with E-state index in [0.717, 1.165) is 36.2 Å². The summed E-state index contributed by atoms with van der Waals surface area (Å²) in [6.45, 7) is 3.85. The summed E-state index contributed by atoms with van der Waals surface area (Å²) in [7, 11) is 1.60. The van der Waals surface area contributed by atoms with E-state index in [1.54, 1.807) is 36.3 Å². The number of rotatable bonds is 11. The Morgan fingerprint density at radius 3 is 2.27 bits per heavy atom. The quantitative estimate of drug-likeness (QED) is 0.300. The predicted molar refractivity (Wildman–Crippen MR) is 158 cm³/mol. The van der Waals surface area contributed by atoms with Crippen molar-refractivity contribution < 1.29 is 19.1 Å². The molecule has 40 heavy (non-hydrogen) atoms. The molecule has 208 valence electrons. The Labute approximate surface area is 236 Å². The van der Waals surface area contributed by atoms with Crippen molar-refractivity contribution in [3.8, 4) is 5.75 Å². The smallest absolute Gasteiger partial charge is 0.255 e. The summed E-state index contributed by atoms with van der Waals surface area (Å²) in [5.41, 5.74) is 3.91. The number of carbonyl (C=O) groups is 2. The Hall–Kier alpha value is -4.35. The number of nitrogens with one attached hydrogen (secondary N) is 1. The third-order valence-electron chi connectivity index (χ3n) is 7.40. The second-order valence-electron chi connectivity index (χ2n) is 9.96. The molecule has 4 rings (SSSR count). The highest BCUT2D eigenvalue weighted by atomic mass is 16.5. The standard InChI is InChI=1S/C33H37N3O4/c1-3-9-32(38)36(27-10-5-4-6-11-27)23-20-28(24-37)35-21-18-25(19-22-35)30-12-7-8-13-31(30)34-33(39)26-14-16-29(40-2)17-15-26/h4-8,10-17,25H,3,9,18-23H2,1-2H3,(H,34,39). The molecule has 1 N–H and O–H groups in total. The van der Waals surface area contributed by atoms with Crippen LogP contribution in [0.15, 0.2) is 84.6 Å². The molecule has 1 aliphatic rings. The van der Waals surface area contributed by atoms with Crippen molar-refractivity contribution in [2.45, 2.75) is 44.9 Å². The first-order valence-electron chi connectivity index (χ1n) is 13.9. The van der Waals surface area contributed by atoms with Crippen LogP contribution in [0.4, 0.5) is 11.4 Å². The largest absolute Gasteiger partial charge is 0.497 e. The summed E-state index contributed by atoms with van der Waals surface area (Å²) in [4.78, 5) is 41.6. The van der Waals surface area contributed by atoms with Gasteiger partial charge >= 0.3 is 0 Å². The van der Waals surface area contributed by atoms with E-state index >= 15 is 0 Å². The lowest BCUT2D eigenvalue weighted by atomic mass is 9.88. The van der Waals surface area contributed by atoms with Crippen LogP contribution in [-0.2, 0) is 9.59 Å². The molecule has 2 amide bonds. The zero-order valence-electron chi connectivity index (χ0n) is 23.3. The molecular weight excluding hydrogens is 502 g/mol. The number of hydrogen-bond donors (Lipinski definition) is 1. The van der Waals surface area contributed by atoms with Crippen molar-refractivity contribution in [2.75, 3.05) is 37.0 Å². The Morgan fingerprint density at radius 2 is 1.62 bits per heavy atom. The molecule has 3 aromatic rings. The van der Waals surface area contributed by atoms with E-state index in [1.807, 2.05) is 55.5 Å². The van der Waals surface area contributed by atoms with Gasteiger partial charge in [0.05, 0.1) is 7.11 Å². The third kappa shape index (κ3) is 7.19. The molecule has 0 radical (unpaired) electrons. The first-order valence-corrected chi connectivity index (χ1v) is 13.9. The predicted octanol–water partition coefficient (Wildman–Crippen LogP) is 6.07. The number of piperidine rings is 1. The van der Waals surface area contributed by atoms with Gasteiger partial charge in [0.1, 0.15) is 17.4 Å². The van der Waals surface area contributed by atoms with Gasteiger partial charge in [-0.25, -0.2) is 4.79 Å². The Balaban J connectivity index is 1.38. The minimum Gasteiger partial charge on any atom is -0.497 e. The average molecular weight is 540 g/mol. The molecule has 1 saturated heterocycles. The fourth-order valence-electron chi connectivity index (χ4n) is 5.21. The van der Waals surface area contributed by atoms with E-state index in [4.69, 9.17) is 4.74 Å². The number of benzene rings is 3. The van der Waals surface area contributed by atoms with E-state index in [2.05, 4.69) is 22.2 Å². The molecule has 1 fully saturated rings. The van der Waals surface area contributed by atoms with Gasteiger partial charge in [-0.15, -0.1) is 0 Å². The van der Waals surface area contributed by atoms with Crippen LogP contribution in [0.3, 0.4) is 0 Å². The number of likely N-dealkylation sites (tertiary alicyclic amines) is 1. The van der Waals surface area contributed by atoms with Crippen LogP contribution in [0, 0.1) is 0 Å². The number of ether oxygens (including phenoxy) is 1. The van der Waals surface area contributed by atoms with Crippen LogP contribution in [0.5, 0.6) is 5.75 Å². The summed E-state index contributed by atoms with van der Waals surface area (Å²) < 4.78 is 5.19. The lowest BCUT2D eigenvalue weighted by molar-refractivity contribution is -0.118. The van der Waals surface area contributed by atoms with E-state index in [-0.39, 0.29) is 17.7 Å². The molecule has 7 nitrogen and oxygen atoms in total. The van der Waals surface area contributed by atoms with Gasteiger partial charge in [0.2, 0.25) is 5.91 Å². The van der Waals surface area contributed by atoms with E-state index in [1.165, 1.54) is 0 Å². The normalized spacial score (nSPS) is 13.3. The molecule has 0 aliphatic carbocycles. The Morgan fingerprint density at radius 1 is 0.950 bits per heavy atom. The summed E-state index contributed by atoms with van der Waals surface area (Å²) >= 11 is 0. The summed E-state index contributed by atoms with van der Waals surface area (Å²) in [6.07, 6.45) is 3.38. The number of anilines is 2. The monoisotopic (exact) mass is 539 g/mol. The van der Waals surface area contributed by atoms with Crippen LogP contribution in [0.25, 0.3) is 0 Å². The zero-order valence-corrected chi connectivity index (χ0v) is 23.3. The molecule has 0 spiro atoms. The van der Waals surface area contributed by atoms with Gasteiger partial charge in [0.15, 0.2) is 0 Å². The molecule has 0 bridgehead atoms. The number of methoxy groups -OCH3 is 1. The number of carbonyl (C=O) groups excluding carboxylic acids is 3. The lowest BCUT2D eigenvalue weighted by Gasteiger charge is -2.35. The van der Waals surface area contributed by atoms with Crippen molar-refractivity contribution in [3.05, 3.63) is 95.7 Å². The summed E-state index contributed by atoms with van der Waals surface area (Å²) in [6, 6.07) is 24.6. The van der Waals surface area contributed by atoms with Crippen LogP contribution < -0.4 is 15.0 Å². The SMILES string of the molecule is CCCC(=O)N(CCC(=C=O)N1CCC(c2ccccc2NC(=O)c2ccc(OC)cc2)CC1)c1ccccc1. The van der Waals surface area contributed by atoms with Crippen LogP contribution >= 0.6 is 0 Å². The molecule has 1 aliphatic heterocycles. The van der Waals surface area contributed by atoms with E-state index in [0.29, 0.717) is 49.5 Å². The van der Waals surface area contributed by atoms with E-state index < -0.39 is 0 Å². The van der Waals surface area contributed by atoms with Crippen molar-refractivity contribution in [1.29, 1.82) is 0 Å². The second kappa shape index (κ2) is 14.2. The van der Waals surface area contributed by atoms with Crippen LogP contribution in [0.2, 0.25) is 0 Å². The van der Waals surface area contributed by atoms with Crippen LogP contribution in [0.1, 0.15) is 60.9 Å². The molecule has 0 unspecified atom stereocenters. The average Bonchev–Trinajstić information content (AvgIpc) is 3.00. The molecule has 0 atom stereocenters. The number of hydrogen-bond acceptors (Lipinski definition) is 5. The highest BCUT2D eigenvalue weighted by Gasteiger charge is 2.25. The summed E-state index contributed by atoms with van der Waals surface area (Å²) in [5, 5.41) is 3.08. The number of nitrogens with zero attached hydrogens (tertiary/aromatic N) is 2. The van der Waals surface area contributed by atoms with Crippen molar-refractivity contribution in [2.24, 2.45) is 0 Å². The van der Waals surface area contributed by atoms with Crippen LogP contribution in [-0.4, -0.2) is 49.4 Å². The van der Waals surface area contributed by atoms with Crippen molar-refractivity contribution in [3.63, 3.8) is 0 Å². The Bertz CT molecular complexity index is 1330. The molecule has 1 heterocycles. The lowest BCUT2D eigenvalue weighted by Crippen LogP contribution is -2.36. The van der Waals surface area contributed by atoms with Crippen molar-refractivity contribution >= 4 is 29.1 Å². The molecule has 7 heteroatoms. The van der Waals surface area contributed by atoms with Gasteiger partial charge in [0, 0.05) is 49.4 Å². The number of para-hydroxylation sites is 2. The van der Waals surface area contributed by atoms with Gasteiger partial charge in [-0.05, 0) is 73.2 Å². The molecule has 3 aromatic carbocycles. The fraction of sp³-hybridized carbons (Fsp3) is 0.333. The summed E-state index contributed by atoms with van der Waals surface area (Å²) in [5.74, 6) is 3.01. The molecule has 0 aromatic heterocycles. The maximum atomic E-state index is 12.9. The van der Waals surface area contributed by atoms with Gasteiger partial charge in [-0.2, -0.15) is 0 Å². The first-order chi connectivity index (χ1) is 19.5. The fourth-order valence-corrected chi connectivity index (χ4v) is 5.21. The minimum absolute atomic E-state index is 0.0611. The molecular formula is C33H37N3O4. The van der Waals surface area contributed by atoms with E-state index in [9.17, 15) is 14.4 Å². The van der Waals surface area contributed by atoms with Gasteiger partial charge in [-0.3, -0.25) is 9.59 Å². The minimum atomic E-state index is -0.167.